The predicted octanol–water partition coefficient (Wildman–Crippen LogP) is 1.53. The molecule has 7 heteroatoms. The van der Waals surface area contributed by atoms with Gasteiger partial charge in [0.2, 0.25) is 0 Å². The van der Waals surface area contributed by atoms with Gasteiger partial charge in [0.1, 0.15) is 18.6 Å². The first-order valence-electron chi connectivity index (χ1n) is 8.35. The highest BCUT2D eigenvalue weighted by atomic mass is 16.5. The van der Waals surface area contributed by atoms with E-state index in [9.17, 15) is 10.3 Å². The van der Waals surface area contributed by atoms with Crippen LogP contribution >= 0.6 is 0 Å². The summed E-state index contributed by atoms with van der Waals surface area (Å²) in [6, 6.07) is 9.13. The fourth-order valence-corrected chi connectivity index (χ4v) is 3.22. The molecule has 26 heavy (non-hydrogen) atoms. The average Bonchev–Trinajstić information content (AvgIpc) is 3.03. The van der Waals surface area contributed by atoms with Gasteiger partial charge >= 0.3 is 0 Å². The lowest BCUT2D eigenvalue weighted by atomic mass is 10.1. The molecule has 0 aliphatic carbocycles. The van der Waals surface area contributed by atoms with Crippen LogP contribution in [0.1, 0.15) is 0 Å². The van der Waals surface area contributed by atoms with Gasteiger partial charge in [-0.2, -0.15) is 4.65 Å². The van der Waals surface area contributed by atoms with Crippen LogP contribution in [-0.2, 0) is 0 Å². The van der Waals surface area contributed by atoms with Gasteiger partial charge in [0.25, 0.3) is 0 Å². The zero-order valence-corrected chi connectivity index (χ0v) is 14.9. The molecule has 134 valence electrons. The summed E-state index contributed by atoms with van der Waals surface area (Å²) in [6.07, 6.45) is 1.73. The zero-order valence-electron chi connectivity index (χ0n) is 14.9. The van der Waals surface area contributed by atoms with E-state index in [1.165, 1.54) is 0 Å². The summed E-state index contributed by atoms with van der Waals surface area (Å²) < 4.78 is 7.02. The molecule has 0 saturated carbocycles. The van der Waals surface area contributed by atoms with Crippen molar-refractivity contribution in [1.29, 1.82) is 0 Å². The highest BCUT2D eigenvalue weighted by Gasteiger charge is 2.13. The summed E-state index contributed by atoms with van der Waals surface area (Å²) in [5.74, 6) is 0.541. The monoisotopic (exact) mass is 352 g/mol. The number of quaternary nitrogens is 1. The second-order valence-electron chi connectivity index (χ2n) is 6.88. The maximum atomic E-state index is 13.2. The zero-order chi connectivity index (χ0) is 18.5. The minimum atomic E-state index is -0.174. The van der Waals surface area contributed by atoms with Crippen molar-refractivity contribution < 1.29 is 19.7 Å². The molecular formula is C19H20N4O3. The average molecular weight is 352 g/mol. The second kappa shape index (κ2) is 5.82. The van der Waals surface area contributed by atoms with E-state index in [0.29, 0.717) is 35.0 Å². The van der Waals surface area contributed by atoms with Gasteiger partial charge in [-0.15, -0.1) is 0 Å². The Balaban J connectivity index is 2.04. The standard InChI is InChI=1S/C19H20N4O3/c1-23(2,25)9-8-20-14-5-6-15-18-17(14)19(24)13-10-12(26-3)4-7-16(13)22(18)11-21-15/h4-7,10-11,25H,8-9H2,1-3H3. The van der Waals surface area contributed by atoms with Crippen molar-refractivity contribution >= 4 is 27.3 Å². The lowest BCUT2D eigenvalue weighted by Crippen LogP contribution is -2.37. The van der Waals surface area contributed by atoms with Crippen molar-refractivity contribution in [2.75, 3.05) is 34.3 Å². The number of rotatable bonds is 4. The molecule has 2 aromatic heterocycles. The van der Waals surface area contributed by atoms with Crippen molar-refractivity contribution in [1.82, 2.24) is 9.38 Å². The molecule has 0 aliphatic heterocycles. The number of hydroxylamine groups is 3. The number of hydrogen-bond donors (Lipinski definition) is 1. The quantitative estimate of drug-likeness (QED) is 0.343. The highest BCUT2D eigenvalue weighted by molar-refractivity contribution is 6.06. The molecule has 0 saturated heterocycles. The van der Waals surface area contributed by atoms with Crippen LogP contribution in [0.15, 0.2) is 41.7 Å². The molecule has 0 amide bonds. The van der Waals surface area contributed by atoms with E-state index in [-0.39, 0.29) is 10.4 Å². The van der Waals surface area contributed by atoms with E-state index in [0.717, 1.165) is 16.6 Å². The number of benzene rings is 2. The lowest BCUT2D eigenvalue weighted by Gasteiger charge is -2.19. The molecule has 1 N–H and O–H groups in total. The topological polar surface area (TPSA) is 82.2 Å². The van der Waals surface area contributed by atoms with Crippen molar-refractivity contribution in [2.24, 2.45) is 4.99 Å². The maximum Gasteiger partial charge on any atom is 0.128 e. The van der Waals surface area contributed by atoms with E-state index in [1.54, 1.807) is 33.6 Å². The predicted molar refractivity (Wildman–Crippen MR) is 96.6 cm³/mol. The fourth-order valence-electron chi connectivity index (χ4n) is 3.22. The first-order chi connectivity index (χ1) is 12.4. The molecule has 4 rings (SSSR count). The second-order valence-corrected chi connectivity index (χ2v) is 6.88. The van der Waals surface area contributed by atoms with Gasteiger partial charge in [-0.1, -0.05) is 5.75 Å². The normalized spacial score (nSPS) is 13.3. The number of pyridine rings is 1. The first kappa shape index (κ1) is 16.6. The first-order valence-corrected chi connectivity index (χ1v) is 8.35. The minimum Gasteiger partial charge on any atom is -0.871 e. The molecule has 0 unspecified atom stereocenters. The number of ether oxygens (including phenoxy) is 1. The van der Waals surface area contributed by atoms with Crippen LogP contribution in [0.3, 0.4) is 0 Å². The SMILES string of the molecule is COc1ccc2c(c1)c([O-])c1c(=NCC[N+](C)(C)O)ccc3ncn2c31. The van der Waals surface area contributed by atoms with Crippen LogP contribution in [0.5, 0.6) is 11.5 Å². The summed E-state index contributed by atoms with van der Waals surface area (Å²) in [4.78, 5) is 8.99. The van der Waals surface area contributed by atoms with Crippen LogP contribution in [0.25, 0.3) is 27.3 Å². The van der Waals surface area contributed by atoms with Crippen molar-refractivity contribution in [3.63, 3.8) is 0 Å². The maximum absolute atomic E-state index is 13.2. The lowest BCUT2D eigenvalue weighted by molar-refractivity contribution is -1.07. The van der Waals surface area contributed by atoms with Crippen molar-refractivity contribution in [3.8, 4) is 11.5 Å². The Bertz CT molecular complexity index is 1170. The number of likely N-dealkylation sites (N-methyl/N-ethyl adjacent to an activating group) is 1. The van der Waals surface area contributed by atoms with Crippen LogP contribution in [0, 0.1) is 0 Å². The summed E-state index contributed by atoms with van der Waals surface area (Å²) >= 11 is 0. The van der Waals surface area contributed by atoms with E-state index < -0.39 is 0 Å². The molecule has 2 aromatic carbocycles. The number of methoxy groups -OCH3 is 1. The van der Waals surface area contributed by atoms with E-state index in [4.69, 9.17) is 4.74 Å². The van der Waals surface area contributed by atoms with E-state index >= 15 is 0 Å². The van der Waals surface area contributed by atoms with Gasteiger partial charge in [0, 0.05) is 5.39 Å². The Labute approximate surface area is 149 Å². The number of fused-ring (bicyclic) bond motifs is 2. The Morgan fingerprint density at radius 3 is 2.81 bits per heavy atom. The van der Waals surface area contributed by atoms with Crippen molar-refractivity contribution in [3.05, 3.63) is 42.0 Å². The van der Waals surface area contributed by atoms with Crippen LogP contribution in [-0.4, -0.2) is 53.5 Å². The Hall–Kier alpha value is -2.90. The third kappa shape index (κ3) is 2.61. The van der Waals surface area contributed by atoms with Crippen LogP contribution in [0.4, 0.5) is 0 Å². The molecule has 2 heterocycles. The highest BCUT2D eigenvalue weighted by Crippen LogP contribution is 2.34. The molecule has 0 spiro atoms. The molecule has 0 atom stereocenters. The minimum absolute atomic E-state index is 0.0889. The molecule has 0 fully saturated rings. The molecule has 0 aliphatic rings. The van der Waals surface area contributed by atoms with E-state index in [2.05, 4.69) is 9.98 Å². The van der Waals surface area contributed by atoms with Gasteiger partial charge < -0.3 is 9.84 Å². The van der Waals surface area contributed by atoms with Gasteiger partial charge in [-0.3, -0.25) is 9.39 Å². The summed E-state index contributed by atoms with van der Waals surface area (Å²) in [7, 11) is 4.95. The number of imidazole rings is 1. The molecular weight excluding hydrogens is 332 g/mol. The number of aromatic nitrogens is 2. The summed E-state index contributed by atoms with van der Waals surface area (Å²) in [5, 5.41) is 24.8. The number of nitrogens with zero attached hydrogens (tertiary/aromatic N) is 4. The van der Waals surface area contributed by atoms with Crippen LogP contribution in [0.2, 0.25) is 0 Å². The fraction of sp³-hybridized carbons (Fsp3) is 0.263. The van der Waals surface area contributed by atoms with Crippen molar-refractivity contribution in [2.45, 2.75) is 0 Å². The van der Waals surface area contributed by atoms with Crippen LogP contribution < -0.4 is 15.2 Å². The van der Waals surface area contributed by atoms with E-state index in [1.807, 2.05) is 28.7 Å². The Kier molecular flexibility index (Phi) is 3.71. The molecule has 0 bridgehead atoms. The van der Waals surface area contributed by atoms with Gasteiger partial charge in [0.05, 0.1) is 49.7 Å². The smallest absolute Gasteiger partial charge is 0.128 e. The third-order valence-corrected chi connectivity index (χ3v) is 4.55. The largest absolute Gasteiger partial charge is 0.871 e. The summed E-state index contributed by atoms with van der Waals surface area (Å²) in [5.41, 5.74) is 2.31. The molecule has 7 nitrogen and oxygen atoms in total. The third-order valence-electron chi connectivity index (χ3n) is 4.55. The number of hydrogen-bond acceptors (Lipinski definition) is 5. The molecule has 0 radical (unpaired) electrons. The van der Waals surface area contributed by atoms with Gasteiger partial charge in [-0.25, -0.2) is 10.2 Å². The Morgan fingerprint density at radius 1 is 1.27 bits per heavy atom. The molecule has 4 aromatic rings. The summed E-state index contributed by atoms with van der Waals surface area (Å²) in [6.45, 7) is 0.865. The van der Waals surface area contributed by atoms with Gasteiger partial charge in [0.15, 0.2) is 0 Å². The van der Waals surface area contributed by atoms with Gasteiger partial charge in [-0.05, 0) is 35.7 Å². The Morgan fingerprint density at radius 2 is 2.08 bits per heavy atom.